The second-order valence-corrected chi connectivity index (χ2v) is 7.10. The molecule has 1 aromatic rings. The highest BCUT2D eigenvalue weighted by Gasteiger charge is 2.31. The third-order valence-electron chi connectivity index (χ3n) is 4.15. The summed E-state index contributed by atoms with van der Waals surface area (Å²) in [6, 6.07) is 7.71. The third-order valence-corrected chi connectivity index (χ3v) is 4.15. The lowest BCUT2D eigenvalue weighted by atomic mass is 9.76. The van der Waals surface area contributed by atoms with Crippen molar-refractivity contribution >= 4 is 0 Å². The second kappa shape index (κ2) is 8.93. The molecule has 0 aliphatic heterocycles. The van der Waals surface area contributed by atoms with Crippen LogP contribution in [0.4, 0.5) is 0 Å². The lowest BCUT2D eigenvalue weighted by molar-refractivity contribution is 0.0640. The molecule has 2 heteroatoms. The Balaban J connectivity index is 3.02. The molecule has 0 bridgehead atoms. The van der Waals surface area contributed by atoms with Gasteiger partial charge in [0.2, 0.25) is 0 Å². The maximum atomic E-state index is 11.0. The summed E-state index contributed by atoms with van der Waals surface area (Å²) in [5.74, 6) is 1.28. The van der Waals surface area contributed by atoms with Gasteiger partial charge in [0.05, 0.1) is 13.2 Å². The number of rotatable bonds is 8. The molecule has 1 rings (SSSR count). The van der Waals surface area contributed by atoms with E-state index in [9.17, 15) is 5.11 Å². The smallest absolute Gasteiger partial charge is 0.118 e. The first-order chi connectivity index (χ1) is 10.8. The van der Waals surface area contributed by atoms with Crippen molar-refractivity contribution in [3.8, 4) is 5.75 Å². The molecule has 0 fully saturated rings. The lowest BCUT2D eigenvalue weighted by Gasteiger charge is -2.32. The predicted molar refractivity (Wildman–Crippen MR) is 98.7 cm³/mol. The fraction of sp³-hybridized carbons (Fsp3) is 0.524. The van der Waals surface area contributed by atoms with Gasteiger partial charge in [-0.3, -0.25) is 0 Å². The van der Waals surface area contributed by atoms with Crippen LogP contribution in [-0.4, -0.2) is 12.2 Å². The SMILES string of the molecule is COc1ccc(C(O)C(C)(/C=C/C(C)C)CCC=C(C)C)cc1. The van der Waals surface area contributed by atoms with Crippen LogP contribution in [-0.2, 0) is 0 Å². The molecule has 0 spiro atoms. The average Bonchev–Trinajstić information content (AvgIpc) is 2.52. The molecule has 0 saturated carbocycles. The number of ether oxygens (including phenoxy) is 1. The molecule has 0 aromatic heterocycles. The summed E-state index contributed by atoms with van der Waals surface area (Å²) in [5, 5.41) is 11.0. The zero-order chi connectivity index (χ0) is 17.5. The van der Waals surface area contributed by atoms with Gasteiger partial charge in [0.15, 0.2) is 0 Å². The Hall–Kier alpha value is -1.54. The van der Waals surface area contributed by atoms with Crippen molar-refractivity contribution in [2.75, 3.05) is 7.11 Å². The molecular weight excluding hydrogens is 284 g/mol. The first-order valence-corrected chi connectivity index (χ1v) is 8.43. The van der Waals surface area contributed by atoms with E-state index in [2.05, 4.69) is 52.8 Å². The number of benzene rings is 1. The topological polar surface area (TPSA) is 29.5 Å². The molecule has 2 nitrogen and oxygen atoms in total. The Labute approximate surface area is 141 Å². The Kier molecular flexibility index (Phi) is 7.57. The summed E-state index contributed by atoms with van der Waals surface area (Å²) in [6.45, 7) is 10.7. The van der Waals surface area contributed by atoms with E-state index in [4.69, 9.17) is 4.74 Å². The molecular formula is C21H32O2. The Morgan fingerprint density at radius 1 is 1.22 bits per heavy atom. The van der Waals surface area contributed by atoms with Gasteiger partial charge in [-0.25, -0.2) is 0 Å². The Morgan fingerprint density at radius 3 is 2.30 bits per heavy atom. The van der Waals surface area contributed by atoms with Crippen LogP contribution in [0, 0.1) is 11.3 Å². The Bertz CT molecular complexity index is 521. The van der Waals surface area contributed by atoms with E-state index in [0.29, 0.717) is 5.92 Å². The van der Waals surface area contributed by atoms with E-state index in [0.717, 1.165) is 24.2 Å². The summed E-state index contributed by atoms with van der Waals surface area (Å²) >= 11 is 0. The largest absolute Gasteiger partial charge is 0.497 e. The first-order valence-electron chi connectivity index (χ1n) is 8.43. The van der Waals surface area contributed by atoms with Gasteiger partial charge in [0, 0.05) is 5.41 Å². The molecule has 2 atom stereocenters. The van der Waals surface area contributed by atoms with Gasteiger partial charge in [0.1, 0.15) is 5.75 Å². The van der Waals surface area contributed by atoms with Gasteiger partial charge >= 0.3 is 0 Å². The molecule has 1 N–H and O–H groups in total. The summed E-state index contributed by atoms with van der Waals surface area (Å²) in [4.78, 5) is 0. The predicted octanol–water partition coefficient (Wildman–Crippen LogP) is 5.69. The maximum absolute atomic E-state index is 11.0. The van der Waals surface area contributed by atoms with Gasteiger partial charge in [-0.2, -0.15) is 0 Å². The van der Waals surface area contributed by atoms with Gasteiger partial charge in [-0.15, -0.1) is 0 Å². The highest BCUT2D eigenvalue weighted by atomic mass is 16.5. The average molecular weight is 316 g/mol. The van der Waals surface area contributed by atoms with Crippen molar-refractivity contribution < 1.29 is 9.84 Å². The third kappa shape index (κ3) is 6.23. The molecule has 0 heterocycles. The minimum absolute atomic E-state index is 0.287. The first kappa shape index (κ1) is 19.5. The van der Waals surface area contributed by atoms with Gasteiger partial charge < -0.3 is 9.84 Å². The van der Waals surface area contributed by atoms with E-state index >= 15 is 0 Å². The zero-order valence-corrected chi connectivity index (χ0v) is 15.5. The van der Waals surface area contributed by atoms with Crippen molar-refractivity contribution in [2.45, 2.75) is 53.6 Å². The standard InChI is InChI=1S/C21H32O2/c1-16(2)8-7-14-21(5,15-13-17(3)4)20(22)18-9-11-19(23-6)12-10-18/h8-13,15,17,20,22H,7,14H2,1-6H3/b15-13+. The quantitative estimate of drug-likeness (QED) is 0.624. The number of aliphatic hydroxyl groups excluding tert-OH is 1. The van der Waals surface area contributed by atoms with Gasteiger partial charge in [0.25, 0.3) is 0 Å². The molecule has 23 heavy (non-hydrogen) atoms. The van der Waals surface area contributed by atoms with Crippen LogP contribution < -0.4 is 4.74 Å². The van der Waals surface area contributed by atoms with Crippen molar-refractivity contribution in [2.24, 2.45) is 11.3 Å². The number of hydrogen-bond donors (Lipinski definition) is 1. The minimum Gasteiger partial charge on any atom is -0.497 e. The van der Waals surface area contributed by atoms with Crippen molar-refractivity contribution in [1.29, 1.82) is 0 Å². The lowest BCUT2D eigenvalue weighted by Crippen LogP contribution is -2.23. The summed E-state index contributed by atoms with van der Waals surface area (Å²) in [6.07, 6.45) is 7.96. The number of aliphatic hydroxyl groups is 1. The summed E-state index contributed by atoms with van der Waals surface area (Å²) in [5.41, 5.74) is 1.96. The second-order valence-electron chi connectivity index (χ2n) is 7.10. The van der Waals surface area contributed by atoms with Crippen LogP contribution in [0.15, 0.2) is 48.1 Å². The van der Waals surface area contributed by atoms with Crippen LogP contribution >= 0.6 is 0 Å². The van der Waals surface area contributed by atoms with Crippen molar-refractivity contribution in [3.63, 3.8) is 0 Å². The summed E-state index contributed by atoms with van der Waals surface area (Å²) in [7, 11) is 1.65. The summed E-state index contributed by atoms with van der Waals surface area (Å²) < 4.78 is 5.20. The number of methoxy groups -OCH3 is 1. The van der Waals surface area contributed by atoms with Crippen molar-refractivity contribution in [1.82, 2.24) is 0 Å². The normalized spacial score (nSPS) is 15.5. The molecule has 0 saturated heterocycles. The van der Waals surface area contributed by atoms with Crippen LogP contribution in [0.1, 0.15) is 59.1 Å². The molecule has 1 aromatic carbocycles. The highest BCUT2D eigenvalue weighted by molar-refractivity contribution is 5.30. The van der Waals surface area contributed by atoms with E-state index in [1.807, 2.05) is 24.3 Å². The fourth-order valence-electron chi connectivity index (χ4n) is 2.56. The molecule has 0 radical (unpaired) electrons. The number of allylic oxidation sites excluding steroid dienone is 3. The van der Waals surface area contributed by atoms with Crippen molar-refractivity contribution in [3.05, 3.63) is 53.6 Å². The monoisotopic (exact) mass is 316 g/mol. The van der Waals surface area contributed by atoms with Crippen LogP contribution in [0.25, 0.3) is 0 Å². The van der Waals surface area contributed by atoms with Crippen LogP contribution in [0.5, 0.6) is 5.75 Å². The Morgan fingerprint density at radius 2 is 1.83 bits per heavy atom. The maximum Gasteiger partial charge on any atom is 0.118 e. The number of hydrogen-bond acceptors (Lipinski definition) is 2. The molecule has 128 valence electrons. The zero-order valence-electron chi connectivity index (χ0n) is 15.5. The molecule has 0 amide bonds. The fourth-order valence-corrected chi connectivity index (χ4v) is 2.56. The van der Waals surface area contributed by atoms with E-state index < -0.39 is 6.10 Å². The van der Waals surface area contributed by atoms with Gasteiger partial charge in [-0.1, -0.05) is 56.7 Å². The van der Waals surface area contributed by atoms with E-state index in [-0.39, 0.29) is 5.41 Å². The van der Waals surface area contributed by atoms with E-state index in [1.165, 1.54) is 5.57 Å². The molecule has 2 unspecified atom stereocenters. The molecule has 0 aliphatic rings. The van der Waals surface area contributed by atoms with Crippen LogP contribution in [0.2, 0.25) is 0 Å². The minimum atomic E-state index is -0.533. The highest BCUT2D eigenvalue weighted by Crippen LogP contribution is 2.40. The van der Waals surface area contributed by atoms with E-state index in [1.54, 1.807) is 7.11 Å². The van der Waals surface area contributed by atoms with Crippen LogP contribution in [0.3, 0.4) is 0 Å². The van der Waals surface area contributed by atoms with Gasteiger partial charge in [-0.05, 0) is 50.3 Å². The molecule has 0 aliphatic carbocycles.